The molecule has 0 saturated heterocycles. The maximum Gasteiger partial charge on any atom is 0.317 e. The second kappa shape index (κ2) is 3.93. The van der Waals surface area contributed by atoms with Crippen molar-refractivity contribution in [3.05, 3.63) is 35.4 Å². The SMILES string of the molecule is CN(C)C(=O)N[C@@H]1CCc2ccccc21. The smallest absolute Gasteiger partial charge is 0.317 e. The number of nitrogens with zero attached hydrogens (tertiary/aromatic N) is 1. The first kappa shape index (κ1) is 10.0. The number of nitrogens with one attached hydrogen (secondary N) is 1. The van der Waals surface area contributed by atoms with Gasteiger partial charge in [0.05, 0.1) is 6.04 Å². The molecular weight excluding hydrogens is 188 g/mol. The van der Waals surface area contributed by atoms with Crippen LogP contribution >= 0.6 is 0 Å². The maximum absolute atomic E-state index is 11.5. The summed E-state index contributed by atoms with van der Waals surface area (Å²) in [5, 5.41) is 3.02. The topological polar surface area (TPSA) is 32.3 Å². The first-order valence-electron chi connectivity index (χ1n) is 5.24. The third-order valence-electron chi connectivity index (χ3n) is 2.84. The van der Waals surface area contributed by atoms with E-state index in [0.717, 1.165) is 12.8 Å². The van der Waals surface area contributed by atoms with Crippen molar-refractivity contribution < 1.29 is 4.79 Å². The molecule has 0 bridgehead atoms. The largest absolute Gasteiger partial charge is 0.331 e. The van der Waals surface area contributed by atoms with E-state index in [0.29, 0.717) is 0 Å². The maximum atomic E-state index is 11.5. The average molecular weight is 204 g/mol. The number of amides is 2. The van der Waals surface area contributed by atoms with E-state index in [1.54, 1.807) is 19.0 Å². The van der Waals surface area contributed by atoms with Crippen molar-refractivity contribution in [3.63, 3.8) is 0 Å². The van der Waals surface area contributed by atoms with E-state index < -0.39 is 0 Å². The Labute approximate surface area is 90.1 Å². The van der Waals surface area contributed by atoms with E-state index in [1.165, 1.54) is 11.1 Å². The number of fused-ring (bicyclic) bond motifs is 1. The van der Waals surface area contributed by atoms with Gasteiger partial charge in [0.25, 0.3) is 0 Å². The predicted octanol–water partition coefficient (Wildman–Crippen LogP) is 1.95. The molecule has 0 spiro atoms. The van der Waals surface area contributed by atoms with E-state index >= 15 is 0 Å². The molecule has 0 saturated carbocycles. The monoisotopic (exact) mass is 204 g/mol. The van der Waals surface area contributed by atoms with Crippen LogP contribution in [0.15, 0.2) is 24.3 Å². The fraction of sp³-hybridized carbons (Fsp3) is 0.417. The molecule has 1 aromatic carbocycles. The summed E-state index contributed by atoms with van der Waals surface area (Å²) in [6.07, 6.45) is 2.08. The van der Waals surface area contributed by atoms with E-state index in [2.05, 4.69) is 23.5 Å². The van der Waals surface area contributed by atoms with Crippen molar-refractivity contribution in [2.24, 2.45) is 0 Å². The van der Waals surface area contributed by atoms with Gasteiger partial charge >= 0.3 is 6.03 Å². The lowest BCUT2D eigenvalue weighted by Gasteiger charge is -2.17. The lowest BCUT2D eigenvalue weighted by atomic mass is 10.1. The fourth-order valence-corrected chi connectivity index (χ4v) is 1.99. The summed E-state index contributed by atoms with van der Waals surface area (Å²) >= 11 is 0. The Bertz CT molecular complexity index is 374. The second-order valence-corrected chi connectivity index (χ2v) is 4.13. The van der Waals surface area contributed by atoms with Crippen LogP contribution < -0.4 is 5.32 Å². The fourth-order valence-electron chi connectivity index (χ4n) is 1.99. The van der Waals surface area contributed by atoms with Crippen LogP contribution in [0.25, 0.3) is 0 Å². The van der Waals surface area contributed by atoms with Crippen LogP contribution in [-0.2, 0) is 6.42 Å². The Morgan fingerprint density at radius 2 is 2.13 bits per heavy atom. The Morgan fingerprint density at radius 1 is 1.40 bits per heavy atom. The van der Waals surface area contributed by atoms with Crippen molar-refractivity contribution >= 4 is 6.03 Å². The molecule has 15 heavy (non-hydrogen) atoms. The van der Waals surface area contributed by atoms with Gasteiger partial charge in [0.2, 0.25) is 0 Å². The van der Waals surface area contributed by atoms with Gasteiger partial charge in [-0.15, -0.1) is 0 Å². The minimum atomic E-state index is -0.0169. The number of hydrogen-bond acceptors (Lipinski definition) is 1. The summed E-state index contributed by atoms with van der Waals surface area (Å²) in [6.45, 7) is 0. The van der Waals surface area contributed by atoms with Crippen LogP contribution in [0.1, 0.15) is 23.6 Å². The van der Waals surface area contributed by atoms with Crippen molar-refractivity contribution in [1.29, 1.82) is 0 Å². The Morgan fingerprint density at radius 3 is 2.87 bits per heavy atom. The van der Waals surface area contributed by atoms with E-state index in [4.69, 9.17) is 0 Å². The number of carbonyl (C=O) groups is 1. The Kier molecular flexibility index (Phi) is 2.62. The number of carbonyl (C=O) groups excluding carboxylic acids is 1. The normalized spacial score (nSPS) is 18.4. The van der Waals surface area contributed by atoms with Crippen LogP contribution in [-0.4, -0.2) is 25.0 Å². The molecular formula is C12H16N2O. The molecule has 2 rings (SSSR count). The molecule has 3 nitrogen and oxygen atoms in total. The van der Waals surface area contributed by atoms with E-state index in [1.807, 2.05) is 6.07 Å². The Hall–Kier alpha value is -1.51. The standard InChI is InChI=1S/C12H16N2O/c1-14(2)12(15)13-11-8-7-9-5-3-4-6-10(9)11/h3-6,11H,7-8H2,1-2H3,(H,13,15)/t11-/m1/s1. The highest BCUT2D eigenvalue weighted by atomic mass is 16.2. The molecule has 2 amide bonds. The summed E-state index contributed by atoms with van der Waals surface area (Å²) in [5.41, 5.74) is 2.63. The molecule has 0 fully saturated rings. The van der Waals surface area contributed by atoms with Crippen molar-refractivity contribution in [3.8, 4) is 0 Å². The predicted molar refractivity (Wildman–Crippen MR) is 59.7 cm³/mol. The summed E-state index contributed by atoms with van der Waals surface area (Å²) in [7, 11) is 3.52. The van der Waals surface area contributed by atoms with Gasteiger partial charge in [-0.2, -0.15) is 0 Å². The van der Waals surface area contributed by atoms with Crippen molar-refractivity contribution in [2.45, 2.75) is 18.9 Å². The average Bonchev–Trinajstić information content (AvgIpc) is 2.62. The molecule has 1 atom stereocenters. The summed E-state index contributed by atoms with van der Waals surface area (Å²) in [5.74, 6) is 0. The highest BCUT2D eigenvalue weighted by Crippen LogP contribution is 2.30. The third kappa shape index (κ3) is 1.96. The van der Waals surface area contributed by atoms with E-state index in [-0.39, 0.29) is 12.1 Å². The molecule has 0 unspecified atom stereocenters. The first-order chi connectivity index (χ1) is 7.18. The zero-order chi connectivity index (χ0) is 10.8. The lowest BCUT2D eigenvalue weighted by Crippen LogP contribution is -2.36. The van der Waals surface area contributed by atoms with Gasteiger partial charge in [0, 0.05) is 14.1 Å². The zero-order valence-corrected chi connectivity index (χ0v) is 9.16. The molecule has 1 aliphatic carbocycles. The molecule has 0 heterocycles. The van der Waals surface area contributed by atoms with Gasteiger partial charge in [-0.1, -0.05) is 24.3 Å². The van der Waals surface area contributed by atoms with Crippen LogP contribution in [0.3, 0.4) is 0 Å². The van der Waals surface area contributed by atoms with Gasteiger partial charge in [0.1, 0.15) is 0 Å². The molecule has 0 aliphatic heterocycles. The molecule has 80 valence electrons. The molecule has 1 N–H and O–H groups in total. The summed E-state index contributed by atoms with van der Waals surface area (Å²) in [4.78, 5) is 13.1. The highest BCUT2D eigenvalue weighted by Gasteiger charge is 2.23. The van der Waals surface area contributed by atoms with Crippen molar-refractivity contribution in [2.75, 3.05) is 14.1 Å². The quantitative estimate of drug-likeness (QED) is 0.745. The van der Waals surface area contributed by atoms with Crippen LogP contribution in [0.2, 0.25) is 0 Å². The number of benzene rings is 1. The summed E-state index contributed by atoms with van der Waals surface area (Å²) in [6, 6.07) is 8.49. The molecule has 1 aliphatic rings. The highest BCUT2D eigenvalue weighted by molar-refractivity contribution is 5.74. The van der Waals surface area contributed by atoms with Gasteiger partial charge < -0.3 is 10.2 Å². The zero-order valence-electron chi connectivity index (χ0n) is 9.16. The van der Waals surface area contributed by atoms with Crippen LogP contribution in [0.5, 0.6) is 0 Å². The second-order valence-electron chi connectivity index (χ2n) is 4.13. The minimum absolute atomic E-state index is 0.0169. The van der Waals surface area contributed by atoms with Crippen LogP contribution in [0, 0.1) is 0 Å². The Balaban J connectivity index is 2.11. The summed E-state index contributed by atoms with van der Waals surface area (Å²) < 4.78 is 0. The minimum Gasteiger partial charge on any atom is -0.331 e. The third-order valence-corrected chi connectivity index (χ3v) is 2.84. The van der Waals surface area contributed by atoms with Gasteiger partial charge in [-0.05, 0) is 24.0 Å². The van der Waals surface area contributed by atoms with Crippen LogP contribution in [0.4, 0.5) is 4.79 Å². The molecule has 0 aromatic heterocycles. The number of hydrogen-bond donors (Lipinski definition) is 1. The molecule has 3 heteroatoms. The molecule has 1 aromatic rings. The van der Waals surface area contributed by atoms with Gasteiger partial charge in [-0.25, -0.2) is 4.79 Å². The number of rotatable bonds is 1. The lowest BCUT2D eigenvalue weighted by molar-refractivity contribution is 0.213. The van der Waals surface area contributed by atoms with Gasteiger partial charge in [0.15, 0.2) is 0 Å². The molecule has 0 radical (unpaired) electrons. The first-order valence-corrected chi connectivity index (χ1v) is 5.24. The van der Waals surface area contributed by atoms with E-state index in [9.17, 15) is 4.79 Å². The van der Waals surface area contributed by atoms with Gasteiger partial charge in [-0.3, -0.25) is 0 Å². The number of urea groups is 1. The number of aryl methyl sites for hydroxylation is 1. The van der Waals surface area contributed by atoms with Crippen molar-refractivity contribution in [1.82, 2.24) is 10.2 Å².